The molecule has 1 unspecified atom stereocenters. The van der Waals surface area contributed by atoms with Crippen molar-refractivity contribution in [2.75, 3.05) is 12.3 Å². The normalized spacial score (nSPS) is 12.8. The van der Waals surface area contributed by atoms with Crippen molar-refractivity contribution >= 4 is 11.8 Å². The Morgan fingerprint density at radius 1 is 1.38 bits per heavy atom. The summed E-state index contributed by atoms with van der Waals surface area (Å²) in [6.07, 6.45) is 1.07. The Hall–Kier alpha value is -0.540. The summed E-state index contributed by atoms with van der Waals surface area (Å²) in [5.74, 6) is 0.875. The van der Waals surface area contributed by atoms with Crippen LogP contribution < -0.4 is 5.32 Å². The molecule has 0 aliphatic carbocycles. The van der Waals surface area contributed by atoms with Crippen molar-refractivity contribution < 1.29 is 4.39 Å². The van der Waals surface area contributed by atoms with E-state index in [-0.39, 0.29) is 11.9 Å². The third kappa shape index (κ3) is 3.80. The van der Waals surface area contributed by atoms with Gasteiger partial charge in [-0.3, -0.25) is 0 Å². The first-order chi connectivity index (χ1) is 7.69. The van der Waals surface area contributed by atoms with Crippen LogP contribution in [0.2, 0.25) is 0 Å². The van der Waals surface area contributed by atoms with E-state index in [0.717, 1.165) is 29.2 Å². The monoisotopic (exact) mass is 241 g/mol. The van der Waals surface area contributed by atoms with E-state index in [1.165, 1.54) is 0 Å². The summed E-state index contributed by atoms with van der Waals surface area (Å²) in [4.78, 5) is 0.759. The summed E-state index contributed by atoms with van der Waals surface area (Å²) in [6.45, 7) is 7.11. The number of halogens is 1. The van der Waals surface area contributed by atoms with Crippen LogP contribution in [0.3, 0.4) is 0 Å². The van der Waals surface area contributed by atoms with Crippen LogP contribution in [-0.4, -0.2) is 12.3 Å². The van der Waals surface area contributed by atoms with Gasteiger partial charge in [-0.2, -0.15) is 0 Å². The van der Waals surface area contributed by atoms with Crippen LogP contribution in [0.5, 0.6) is 0 Å². The summed E-state index contributed by atoms with van der Waals surface area (Å²) in [5.41, 5.74) is 1.01. The van der Waals surface area contributed by atoms with Crippen molar-refractivity contribution in [3.8, 4) is 0 Å². The number of thioether (sulfide) groups is 1. The Morgan fingerprint density at radius 2 is 2.12 bits per heavy atom. The van der Waals surface area contributed by atoms with Crippen LogP contribution in [0.15, 0.2) is 23.1 Å². The van der Waals surface area contributed by atoms with Gasteiger partial charge in [0, 0.05) is 10.9 Å². The van der Waals surface area contributed by atoms with Gasteiger partial charge in [0.1, 0.15) is 5.82 Å². The van der Waals surface area contributed by atoms with Crippen molar-refractivity contribution in [2.45, 2.75) is 38.1 Å². The van der Waals surface area contributed by atoms with E-state index in [0.29, 0.717) is 0 Å². The summed E-state index contributed by atoms with van der Waals surface area (Å²) in [7, 11) is 0. The number of hydrogen-bond acceptors (Lipinski definition) is 2. The van der Waals surface area contributed by atoms with Crippen molar-refractivity contribution in [3.63, 3.8) is 0 Å². The van der Waals surface area contributed by atoms with Crippen LogP contribution >= 0.6 is 11.8 Å². The minimum absolute atomic E-state index is 0.0966. The van der Waals surface area contributed by atoms with Crippen LogP contribution in [0.25, 0.3) is 0 Å². The third-order valence-electron chi connectivity index (χ3n) is 2.43. The molecule has 0 bridgehead atoms. The maximum absolute atomic E-state index is 13.7. The van der Waals surface area contributed by atoms with Crippen LogP contribution in [0, 0.1) is 5.82 Å². The lowest BCUT2D eigenvalue weighted by molar-refractivity contribution is 0.572. The highest BCUT2D eigenvalue weighted by atomic mass is 32.2. The van der Waals surface area contributed by atoms with Gasteiger partial charge in [0.2, 0.25) is 0 Å². The molecule has 0 amide bonds. The summed E-state index contributed by atoms with van der Waals surface area (Å²) >= 11 is 1.59. The predicted octanol–water partition coefficient (Wildman–Crippen LogP) is 4.00. The van der Waals surface area contributed by atoms with Gasteiger partial charge < -0.3 is 5.32 Å². The number of nitrogens with one attached hydrogen (secondary N) is 1. The van der Waals surface area contributed by atoms with Crippen molar-refractivity contribution in [3.05, 3.63) is 29.6 Å². The molecule has 1 aromatic carbocycles. The topological polar surface area (TPSA) is 12.0 Å². The predicted molar refractivity (Wildman–Crippen MR) is 69.5 cm³/mol. The second kappa shape index (κ2) is 6.92. The molecule has 90 valence electrons. The molecule has 0 radical (unpaired) electrons. The molecule has 1 nitrogen and oxygen atoms in total. The third-order valence-corrected chi connectivity index (χ3v) is 3.68. The van der Waals surface area contributed by atoms with Gasteiger partial charge in [0.25, 0.3) is 0 Å². The van der Waals surface area contributed by atoms with Crippen LogP contribution in [0.1, 0.15) is 38.8 Å². The Balaban J connectivity index is 2.73. The standard InChI is InChI=1S/C13H20FNS/c1-4-8-16-13-7-6-11(9-12(13)14)10(3)15-5-2/h6-7,9-10,15H,4-5,8H2,1-3H3. The highest BCUT2D eigenvalue weighted by Crippen LogP contribution is 2.25. The minimum atomic E-state index is -0.0966. The summed E-state index contributed by atoms with van der Waals surface area (Å²) < 4.78 is 13.7. The van der Waals surface area contributed by atoms with Gasteiger partial charge in [0.15, 0.2) is 0 Å². The van der Waals surface area contributed by atoms with E-state index in [4.69, 9.17) is 0 Å². The zero-order valence-electron chi connectivity index (χ0n) is 10.2. The molecule has 0 saturated heterocycles. The molecule has 0 aromatic heterocycles. The maximum Gasteiger partial charge on any atom is 0.137 e. The van der Waals surface area contributed by atoms with Gasteiger partial charge in [0.05, 0.1) is 0 Å². The molecule has 1 rings (SSSR count). The Kier molecular flexibility index (Phi) is 5.85. The van der Waals surface area contributed by atoms with Crippen molar-refractivity contribution in [1.82, 2.24) is 5.32 Å². The molecule has 0 saturated carbocycles. The summed E-state index contributed by atoms with van der Waals surface area (Å²) in [6, 6.07) is 5.75. The zero-order chi connectivity index (χ0) is 12.0. The number of hydrogen-bond donors (Lipinski definition) is 1. The lowest BCUT2D eigenvalue weighted by Crippen LogP contribution is -2.17. The maximum atomic E-state index is 13.7. The molecular weight excluding hydrogens is 221 g/mol. The molecule has 0 heterocycles. The van der Waals surface area contributed by atoms with Gasteiger partial charge in [-0.1, -0.05) is 19.9 Å². The van der Waals surface area contributed by atoms with E-state index in [9.17, 15) is 4.39 Å². The number of benzene rings is 1. The van der Waals surface area contributed by atoms with Crippen molar-refractivity contribution in [2.24, 2.45) is 0 Å². The molecule has 1 aromatic rings. The molecular formula is C13H20FNS. The molecule has 0 spiro atoms. The van der Waals surface area contributed by atoms with Gasteiger partial charge in [-0.05, 0) is 43.3 Å². The summed E-state index contributed by atoms with van der Waals surface area (Å²) in [5, 5.41) is 3.28. The first-order valence-corrected chi connectivity index (χ1v) is 6.83. The molecule has 0 aliphatic rings. The average molecular weight is 241 g/mol. The fourth-order valence-electron chi connectivity index (χ4n) is 1.54. The van der Waals surface area contributed by atoms with E-state index in [1.54, 1.807) is 17.8 Å². The zero-order valence-corrected chi connectivity index (χ0v) is 11.0. The lowest BCUT2D eigenvalue weighted by Gasteiger charge is -2.13. The Labute approximate surface area is 102 Å². The van der Waals surface area contributed by atoms with Gasteiger partial charge in [-0.15, -0.1) is 11.8 Å². The fraction of sp³-hybridized carbons (Fsp3) is 0.538. The quantitative estimate of drug-likeness (QED) is 0.756. The molecule has 1 N–H and O–H groups in total. The van der Waals surface area contributed by atoms with E-state index in [2.05, 4.69) is 26.1 Å². The van der Waals surface area contributed by atoms with Gasteiger partial charge >= 0.3 is 0 Å². The smallest absolute Gasteiger partial charge is 0.137 e. The van der Waals surface area contributed by atoms with Crippen LogP contribution in [0.4, 0.5) is 4.39 Å². The first-order valence-electron chi connectivity index (χ1n) is 5.84. The van der Waals surface area contributed by atoms with Crippen molar-refractivity contribution in [1.29, 1.82) is 0 Å². The Bertz CT molecular complexity index is 328. The molecule has 16 heavy (non-hydrogen) atoms. The lowest BCUT2D eigenvalue weighted by atomic mass is 10.1. The molecule has 1 atom stereocenters. The Morgan fingerprint density at radius 3 is 2.69 bits per heavy atom. The molecule has 3 heteroatoms. The average Bonchev–Trinajstić information content (AvgIpc) is 2.27. The highest BCUT2D eigenvalue weighted by Gasteiger charge is 2.08. The van der Waals surface area contributed by atoms with Crippen LogP contribution in [-0.2, 0) is 0 Å². The second-order valence-corrected chi connectivity index (χ2v) is 4.95. The molecule has 0 aliphatic heterocycles. The van der Waals surface area contributed by atoms with E-state index < -0.39 is 0 Å². The van der Waals surface area contributed by atoms with E-state index in [1.807, 2.05) is 12.1 Å². The first kappa shape index (κ1) is 13.5. The second-order valence-electron chi connectivity index (χ2n) is 3.82. The number of rotatable bonds is 6. The SMILES string of the molecule is CCCSc1ccc(C(C)NCC)cc1F. The van der Waals surface area contributed by atoms with Gasteiger partial charge in [-0.25, -0.2) is 4.39 Å². The highest BCUT2D eigenvalue weighted by molar-refractivity contribution is 7.99. The van der Waals surface area contributed by atoms with E-state index >= 15 is 0 Å². The fourth-order valence-corrected chi connectivity index (χ4v) is 2.32. The minimum Gasteiger partial charge on any atom is -0.310 e. The largest absolute Gasteiger partial charge is 0.310 e. The molecule has 0 fully saturated rings.